The van der Waals surface area contributed by atoms with Crippen LogP contribution in [-0.2, 0) is 6.61 Å². The zero-order valence-corrected chi connectivity index (χ0v) is 14.5. The van der Waals surface area contributed by atoms with Crippen LogP contribution in [0.1, 0.15) is 17.0 Å². The highest BCUT2D eigenvalue weighted by atomic mass is 35.5. The third-order valence-electron chi connectivity index (χ3n) is 3.40. The predicted molar refractivity (Wildman–Crippen MR) is 97.4 cm³/mol. The minimum atomic E-state index is 0.236. The van der Waals surface area contributed by atoms with Crippen LogP contribution in [0.4, 0.5) is 0 Å². The highest BCUT2D eigenvalue weighted by Crippen LogP contribution is 2.16. The Bertz CT molecular complexity index is 915. The molecule has 7 heteroatoms. The summed E-state index contributed by atoms with van der Waals surface area (Å²) in [5.41, 5.74) is 2.15. The quantitative estimate of drug-likeness (QED) is 0.544. The van der Waals surface area contributed by atoms with E-state index in [1.54, 1.807) is 35.2 Å². The Morgan fingerprint density at radius 1 is 1.25 bits per heavy atom. The number of H-pyrrole nitrogens is 1. The zero-order valence-electron chi connectivity index (χ0n) is 12.9. The van der Waals surface area contributed by atoms with Crippen LogP contribution in [0.3, 0.4) is 0 Å². The van der Waals surface area contributed by atoms with E-state index in [0.717, 1.165) is 11.1 Å². The Labute approximate surface area is 149 Å². The van der Waals surface area contributed by atoms with Crippen LogP contribution in [0, 0.1) is 11.7 Å². The molecule has 3 rings (SSSR count). The number of aryl methyl sites for hydroxylation is 1. The number of aromatic amines is 1. The molecule has 122 valence electrons. The van der Waals surface area contributed by atoms with Gasteiger partial charge in [-0.3, -0.25) is 0 Å². The lowest BCUT2D eigenvalue weighted by molar-refractivity contribution is 0.290. The van der Waals surface area contributed by atoms with Crippen molar-refractivity contribution in [1.82, 2.24) is 14.9 Å². The molecule has 0 aliphatic carbocycles. The summed E-state index contributed by atoms with van der Waals surface area (Å²) in [6.07, 6.45) is 1.76. The molecule has 0 fully saturated rings. The first-order valence-electron chi connectivity index (χ1n) is 7.28. The first-order valence-corrected chi connectivity index (χ1v) is 8.07. The van der Waals surface area contributed by atoms with Crippen molar-refractivity contribution in [1.29, 1.82) is 0 Å². The Morgan fingerprint density at radius 2 is 2.00 bits per heavy atom. The highest BCUT2D eigenvalue weighted by molar-refractivity contribution is 7.71. The summed E-state index contributed by atoms with van der Waals surface area (Å²) in [6, 6.07) is 15.1. The Kier molecular flexibility index (Phi) is 5.08. The fraction of sp³-hybridized carbons (Fsp3) is 0.118. The molecule has 1 aromatic heterocycles. The lowest BCUT2D eigenvalue weighted by Gasteiger charge is -2.05. The summed E-state index contributed by atoms with van der Waals surface area (Å²) in [6.45, 7) is 2.26. The lowest BCUT2D eigenvalue weighted by atomic mass is 10.1. The average Bonchev–Trinajstić information content (AvgIpc) is 2.94. The Balaban J connectivity index is 1.77. The van der Waals surface area contributed by atoms with E-state index >= 15 is 0 Å². The van der Waals surface area contributed by atoms with Gasteiger partial charge in [0.1, 0.15) is 12.4 Å². The van der Waals surface area contributed by atoms with Gasteiger partial charge >= 0.3 is 0 Å². The van der Waals surface area contributed by atoms with Crippen LogP contribution >= 0.6 is 23.8 Å². The third-order valence-corrected chi connectivity index (χ3v) is 3.92. The van der Waals surface area contributed by atoms with E-state index in [1.807, 2.05) is 31.2 Å². The number of hydrogen-bond donors (Lipinski definition) is 1. The summed E-state index contributed by atoms with van der Waals surface area (Å²) >= 11 is 11.1. The second kappa shape index (κ2) is 7.42. The lowest BCUT2D eigenvalue weighted by Crippen LogP contribution is -2.04. The van der Waals surface area contributed by atoms with E-state index in [-0.39, 0.29) is 6.61 Å². The van der Waals surface area contributed by atoms with Crippen LogP contribution < -0.4 is 4.74 Å². The monoisotopic (exact) mass is 358 g/mol. The van der Waals surface area contributed by atoms with Crippen LogP contribution in [-0.4, -0.2) is 21.1 Å². The molecule has 1 N–H and O–H groups in total. The summed E-state index contributed by atoms with van der Waals surface area (Å²) in [5.74, 6) is 1.28. The molecule has 0 aliphatic heterocycles. The van der Waals surface area contributed by atoms with Gasteiger partial charge in [-0.15, -0.1) is 0 Å². The molecule has 3 aromatic rings. The minimum absolute atomic E-state index is 0.236. The molecule has 0 saturated carbocycles. The summed E-state index contributed by atoms with van der Waals surface area (Å²) < 4.78 is 7.66. The van der Waals surface area contributed by atoms with Crippen molar-refractivity contribution in [3.8, 4) is 5.75 Å². The Hall–Kier alpha value is -2.44. The SMILES string of the molecule is Cc1ccccc1/C=N\n1c(COc2ccc(Cl)cc2)n[nH]c1=S. The van der Waals surface area contributed by atoms with Crippen LogP contribution in [0.15, 0.2) is 53.6 Å². The fourth-order valence-electron chi connectivity index (χ4n) is 2.07. The Morgan fingerprint density at radius 3 is 2.75 bits per heavy atom. The van der Waals surface area contributed by atoms with E-state index in [9.17, 15) is 0 Å². The van der Waals surface area contributed by atoms with Crippen molar-refractivity contribution in [3.63, 3.8) is 0 Å². The molecule has 0 unspecified atom stereocenters. The molecular formula is C17H15ClN4OS. The first-order chi connectivity index (χ1) is 11.6. The first kappa shape index (κ1) is 16.4. The molecular weight excluding hydrogens is 344 g/mol. The van der Waals surface area contributed by atoms with Crippen molar-refractivity contribution in [2.45, 2.75) is 13.5 Å². The maximum Gasteiger partial charge on any atom is 0.216 e. The molecule has 0 radical (unpaired) electrons. The van der Waals surface area contributed by atoms with Crippen molar-refractivity contribution >= 4 is 30.0 Å². The van der Waals surface area contributed by atoms with Gasteiger partial charge < -0.3 is 4.74 Å². The minimum Gasteiger partial charge on any atom is -0.486 e. The topological polar surface area (TPSA) is 55.2 Å². The second-order valence-corrected chi connectivity index (χ2v) is 5.92. The zero-order chi connectivity index (χ0) is 16.9. The van der Waals surface area contributed by atoms with E-state index in [4.69, 9.17) is 28.6 Å². The number of hydrogen-bond acceptors (Lipinski definition) is 4. The molecule has 2 aromatic carbocycles. The number of rotatable bonds is 5. The largest absolute Gasteiger partial charge is 0.486 e. The van der Waals surface area contributed by atoms with Crippen molar-refractivity contribution in [2.24, 2.45) is 5.10 Å². The average molecular weight is 359 g/mol. The number of halogens is 1. The van der Waals surface area contributed by atoms with Crippen molar-refractivity contribution in [3.05, 3.63) is 75.3 Å². The van der Waals surface area contributed by atoms with Crippen LogP contribution in [0.5, 0.6) is 5.75 Å². The van der Waals surface area contributed by atoms with Gasteiger partial charge in [-0.05, 0) is 54.5 Å². The molecule has 0 saturated heterocycles. The van der Waals surface area contributed by atoms with Gasteiger partial charge in [0.25, 0.3) is 0 Å². The van der Waals surface area contributed by atoms with Crippen LogP contribution in [0.25, 0.3) is 0 Å². The standard InChI is InChI=1S/C17H15ClN4OS/c1-12-4-2-3-5-13(12)10-19-22-16(20-21-17(22)24)11-23-15-8-6-14(18)7-9-15/h2-10H,11H2,1H3,(H,21,24)/b19-10-. The number of nitrogens with one attached hydrogen (secondary N) is 1. The number of ether oxygens (including phenoxy) is 1. The van der Waals surface area contributed by atoms with Gasteiger partial charge in [-0.2, -0.15) is 14.9 Å². The third kappa shape index (κ3) is 3.90. The van der Waals surface area contributed by atoms with Crippen molar-refractivity contribution < 1.29 is 4.74 Å². The molecule has 1 heterocycles. The molecule has 5 nitrogen and oxygen atoms in total. The molecule has 0 amide bonds. The number of benzene rings is 2. The summed E-state index contributed by atoms with van der Waals surface area (Å²) in [4.78, 5) is 0. The summed E-state index contributed by atoms with van der Waals surface area (Å²) in [5, 5.41) is 12.0. The van der Waals surface area contributed by atoms with Crippen molar-refractivity contribution in [2.75, 3.05) is 0 Å². The molecule has 0 aliphatic rings. The summed E-state index contributed by atoms with van der Waals surface area (Å²) in [7, 11) is 0. The molecule has 24 heavy (non-hydrogen) atoms. The van der Waals surface area contributed by atoms with Gasteiger partial charge in [0.15, 0.2) is 5.82 Å². The second-order valence-electron chi connectivity index (χ2n) is 5.10. The highest BCUT2D eigenvalue weighted by Gasteiger charge is 2.06. The van der Waals surface area contributed by atoms with Crippen LogP contribution in [0.2, 0.25) is 5.02 Å². The van der Waals surface area contributed by atoms with Gasteiger partial charge in [0, 0.05) is 5.02 Å². The maximum atomic E-state index is 5.86. The fourth-order valence-corrected chi connectivity index (χ4v) is 2.39. The molecule has 0 bridgehead atoms. The molecule has 0 atom stereocenters. The van der Waals surface area contributed by atoms with E-state index < -0.39 is 0 Å². The van der Waals surface area contributed by atoms with Gasteiger partial charge in [-0.25, -0.2) is 5.10 Å². The van der Waals surface area contributed by atoms with E-state index in [1.165, 1.54) is 0 Å². The number of aromatic nitrogens is 3. The van der Waals surface area contributed by atoms with Gasteiger partial charge in [0.2, 0.25) is 4.77 Å². The molecule has 0 spiro atoms. The normalized spacial score (nSPS) is 11.1. The van der Waals surface area contributed by atoms with Gasteiger partial charge in [0.05, 0.1) is 6.21 Å². The predicted octanol–water partition coefficient (Wildman–Crippen LogP) is 4.36. The van der Waals surface area contributed by atoms with E-state index in [2.05, 4.69) is 15.3 Å². The number of nitrogens with zero attached hydrogens (tertiary/aromatic N) is 3. The maximum absolute atomic E-state index is 5.86. The smallest absolute Gasteiger partial charge is 0.216 e. The van der Waals surface area contributed by atoms with Gasteiger partial charge in [-0.1, -0.05) is 35.9 Å². The van der Waals surface area contributed by atoms with E-state index in [0.29, 0.717) is 21.4 Å².